The molecule has 1 heterocycles. The molecule has 0 aromatic heterocycles. The van der Waals surface area contributed by atoms with Crippen LogP contribution in [0.1, 0.15) is 281 Å². The highest BCUT2D eigenvalue weighted by atomic mass is 16.5. The lowest BCUT2D eigenvalue weighted by Crippen LogP contribution is -2.31. The van der Waals surface area contributed by atoms with Gasteiger partial charge < -0.3 is 24.4 Å². The molecule has 0 radical (unpaired) electrons. The van der Waals surface area contributed by atoms with E-state index in [0.29, 0.717) is 42.6 Å². The van der Waals surface area contributed by atoms with Crippen LogP contribution < -0.4 is 14.2 Å². The standard InChI is InChI=1S/C64H101NO7/c1-7-11-15-19-22-25-28-31-34-38-44-70-56-48-52(49-57(71-45-39-35-32-29-26-23-20-16-12-8-2)62(56)72-46-40-36-33-30-27-24-21-17-13-9-3)59-60(66)53(61(59)67)50-58-64(5,6)54-47-51(63(68)69)41-42-55(54)65(58)43-37-18-14-10-4/h41-42,47-50H,7-40,43-46H2,1-6H3,(H-,66,67,68,69)/p+1. The summed E-state index contributed by atoms with van der Waals surface area (Å²) in [7, 11) is 0. The van der Waals surface area contributed by atoms with Crippen molar-refractivity contribution in [3.63, 3.8) is 0 Å². The Hall–Kier alpha value is -4.07. The van der Waals surface area contributed by atoms with Gasteiger partial charge in [-0.15, -0.1) is 0 Å². The molecule has 0 fully saturated rings. The van der Waals surface area contributed by atoms with Gasteiger partial charge in [0.15, 0.2) is 17.2 Å². The Morgan fingerprint density at radius 1 is 0.542 bits per heavy atom. The Kier molecular flexibility index (Phi) is 29.6. The molecule has 8 nitrogen and oxygen atoms in total. The van der Waals surface area contributed by atoms with E-state index in [0.717, 1.165) is 87.7 Å². The topological polar surface area (TPSA) is 105 Å². The van der Waals surface area contributed by atoms with Gasteiger partial charge in [-0.25, -0.2) is 4.79 Å². The van der Waals surface area contributed by atoms with Crippen LogP contribution in [0.2, 0.25) is 0 Å². The van der Waals surface area contributed by atoms with E-state index in [4.69, 9.17) is 14.2 Å². The number of hydrogen-bond acceptors (Lipinski definition) is 6. The Labute approximate surface area is 438 Å². The molecule has 1 aliphatic heterocycles. The second-order valence-electron chi connectivity index (χ2n) is 21.8. The number of carboxylic acid groups (broad SMARTS) is 1. The first-order chi connectivity index (χ1) is 35.1. The summed E-state index contributed by atoms with van der Waals surface area (Å²) in [5, 5.41) is 21.9. The summed E-state index contributed by atoms with van der Waals surface area (Å²) in [4.78, 5) is 26.6. The second kappa shape index (κ2) is 35.2. The summed E-state index contributed by atoms with van der Waals surface area (Å²) >= 11 is 0. The number of hydrogen-bond donors (Lipinski definition) is 2. The van der Waals surface area contributed by atoms with Gasteiger partial charge in [0, 0.05) is 24.1 Å². The van der Waals surface area contributed by atoms with Gasteiger partial charge in [-0.1, -0.05) is 214 Å². The van der Waals surface area contributed by atoms with Gasteiger partial charge >= 0.3 is 5.97 Å². The molecule has 2 N–H and O–H groups in total. The molecular formula is C64H102NO7+. The number of aliphatic hydroxyl groups excluding tert-OH is 1. The SMILES string of the molecule is CCCCCCCCCCCCOc1cc(C2=C(O)C(=CC3=[N+](CCCCCC)c4ccc(C(=O)O)cc4C3(C)C)C2=O)cc(OCCCCCCCCCCCC)c1OCCCCCCCCCCCC. The summed E-state index contributed by atoms with van der Waals surface area (Å²) in [6, 6.07) is 9.08. The van der Waals surface area contributed by atoms with E-state index in [2.05, 4.69) is 46.1 Å². The molecule has 0 saturated carbocycles. The number of ketones is 1. The third-order valence-electron chi connectivity index (χ3n) is 15.2. The van der Waals surface area contributed by atoms with E-state index in [9.17, 15) is 19.8 Å². The van der Waals surface area contributed by atoms with Crippen LogP contribution in [0.15, 0.2) is 47.7 Å². The molecular weight excluding hydrogens is 895 g/mol. The Bertz CT molecular complexity index is 1940. The highest BCUT2D eigenvalue weighted by molar-refractivity contribution is 6.40. The lowest BCUT2D eigenvalue weighted by atomic mass is 9.77. The van der Waals surface area contributed by atoms with Crippen LogP contribution in [0.4, 0.5) is 5.69 Å². The third kappa shape index (κ3) is 20.0. The molecule has 0 amide bonds. The van der Waals surface area contributed by atoms with Crippen molar-refractivity contribution in [2.75, 3.05) is 26.4 Å². The van der Waals surface area contributed by atoms with Crippen LogP contribution in [0.5, 0.6) is 17.2 Å². The molecule has 0 atom stereocenters. The lowest BCUT2D eigenvalue weighted by molar-refractivity contribution is -0.438. The smallest absolute Gasteiger partial charge is 0.335 e. The first kappa shape index (κ1) is 60.5. The summed E-state index contributed by atoms with van der Waals surface area (Å²) in [6.07, 6.45) is 43.3. The van der Waals surface area contributed by atoms with E-state index < -0.39 is 11.4 Å². The molecule has 72 heavy (non-hydrogen) atoms. The van der Waals surface area contributed by atoms with Crippen molar-refractivity contribution in [3.8, 4) is 17.2 Å². The predicted octanol–water partition coefficient (Wildman–Crippen LogP) is 18.7. The minimum Gasteiger partial charge on any atom is -0.506 e. The molecule has 0 unspecified atom stereocenters. The van der Waals surface area contributed by atoms with Gasteiger partial charge in [-0.05, 0) is 69.4 Å². The Morgan fingerprint density at radius 3 is 1.33 bits per heavy atom. The third-order valence-corrected chi connectivity index (χ3v) is 15.2. The molecule has 0 bridgehead atoms. The zero-order valence-electron chi connectivity index (χ0n) is 46.7. The van der Waals surface area contributed by atoms with Crippen LogP contribution in [-0.4, -0.2) is 58.6 Å². The van der Waals surface area contributed by atoms with Crippen molar-refractivity contribution in [2.24, 2.45) is 0 Å². The predicted molar refractivity (Wildman–Crippen MR) is 301 cm³/mol. The summed E-state index contributed by atoms with van der Waals surface area (Å²) < 4.78 is 22.2. The summed E-state index contributed by atoms with van der Waals surface area (Å²) in [5.74, 6) is 0.475. The molecule has 0 spiro atoms. The van der Waals surface area contributed by atoms with E-state index in [-0.39, 0.29) is 28.3 Å². The van der Waals surface area contributed by atoms with Crippen molar-refractivity contribution < 1.29 is 38.6 Å². The number of rotatable bonds is 44. The van der Waals surface area contributed by atoms with Gasteiger partial charge in [0.25, 0.3) is 0 Å². The molecule has 2 aromatic rings. The number of aromatic carboxylic acids is 1. The zero-order chi connectivity index (χ0) is 51.8. The highest BCUT2D eigenvalue weighted by Gasteiger charge is 2.47. The first-order valence-electron chi connectivity index (χ1n) is 29.9. The summed E-state index contributed by atoms with van der Waals surface area (Å²) in [5.41, 5.74) is 3.45. The van der Waals surface area contributed by atoms with Crippen LogP contribution in [-0.2, 0) is 10.2 Å². The van der Waals surface area contributed by atoms with Crippen LogP contribution in [0.25, 0.3) is 5.57 Å². The van der Waals surface area contributed by atoms with Crippen molar-refractivity contribution in [1.29, 1.82) is 0 Å². The normalized spacial score (nSPS) is 14.6. The maximum absolute atomic E-state index is 14.5. The van der Waals surface area contributed by atoms with Gasteiger partial charge in [-0.3, -0.25) is 4.79 Å². The molecule has 2 aliphatic rings. The number of fused-ring (bicyclic) bond motifs is 1. The van der Waals surface area contributed by atoms with Gasteiger partial charge in [0.2, 0.25) is 17.2 Å². The van der Waals surface area contributed by atoms with Gasteiger partial charge in [0.05, 0.1) is 41.9 Å². The fourth-order valence-corrected chi connectivity index (χ4v) is 10.6. The maximum atomic E-state index is 14.5. The lowest BCUT2D eigenvalue weighted by Gasteiger charge is -2.25. The number of unbranched alkanes of at least 4 members (excludes halogenated alkanes) is 30. The van der Waals surface area contributed by atoms with E-state index >= 15 is 0 Å². The monoisotopic (exact) mass is 997 g/mol. The number of nitrogens with zero attached hydrogens (tertiary/aromatic N) is 1. The zero-order valence-corrected chi connectivity index (χ0v) is 46.7. The molecule has 404 valence electrons. The first-order valence-corrected chi connectivity index (χ1v) is 29.9. The van der Waals surface area contributed by atoms with Gasteiger partial charge in [0.1, 0.15) is 12.3 Å². The van der Waals surface area contributed by atoms with Crippen LogP contribution in [0.3, 0.4) is 0 Å². The van der Waals surface area contributed by atoms with Crippen molar-refractivity contribution in [3.05, 3.63) is 64.4 Å². The number of benzene rings is 2. The quantitative estimate of drug-likeness (QED) is 0.0387. The number of carbonyl (C=O) groups excluding carboxylic acids is 1. The number of carbonyl (C=O) groups is 2. The average Bonchev–Trinajstić information content (AvgIpc) is 3.58. The number of aliphatic hydroxyl groups is 1. The van der Waals surface area contributed by atoms with Crippen molar-refractivity contribution in [2.45, 2.75) is 265 Å². The van der Waals surface area contributed by atoms with E-state index in [1.54, 1.807) is 12.1 Å². The Morgan fingerprint density at radius 2 is 0.931 bits per heavy atom. The number of allylic oxidation sites excluding steroid dienone is 3. The highest BCUT2D eigenvalue weighted by Crippen LogP contribution is 2.47. The minimum atomic E-state index is -0.969. The number of carboxylic acids is 1. The molecule has 0 saturated heterocycles. The molecule has 8 heteroatoms. The Balaban J connectivity index is 1.60. The van der Waals surface area contributed by atoms with Crippen LogP contribution >= 0.6 is 0 Å². The average molecular weight is 998 g/mol. The number of Topliss-reactive ketones (excluding diaryl/α,β-unsaturated/α-hetero) is 1. The molecule has 2 aromatic carbocycles. The van der Waals surface area contributed by atoms with Gasteiger partial charge in [-0.2, -0.15) is 4.58 Å². The maximum Gasteiger partial charge on any atom is 0.335 e. The second-order valence-corrected chi connectivity index (χ2v) is 21.8. The fraction of sp³-hybridized carbons (Fsp3) is 0.703. The van der Waals surface area contributed by atoms with E-state index in [1.165, 1.54) is 154 Å². The van der Waals surface area contributed by atoms with E-state index in [1.807, 2.05) is 24.3 Å². The minimum absolute atomic E-state index is 0.0447. The number of ether oxygens (including phenoxy) is 3. The molecule has 4 rings (SSSR count). The molecule has 1 aliphatic carbocycles. The van der Waals surface area contributed by atoms with Crippen molar-refractivity contribution >= 4 is 28.7 Å². The van der Waals surface area contributed by atoms with Crippen LogP contribution in [0, 0.1) is 0 Å². The van der Waals surface area contributed by atoms with Crippen molar-refractivity contribution in [1.82, 2.24) is 0 Å². The fourth-order valence-electron chi connectivity index (χ4n) is 10.6. The largest absolute Gasteiger partial charge is 0.506 e. The summed E-state index contributed by atoms with van der Waals surface area (Å²) in [6.45, 7) is 15.5.